The number of methoxy groups -OCH3 is 2. The van der Waals surface area contributed by atoms with E-state index < -0.39 is 11.9 Å². The van der Waals surface area contributed by atoms with E-state index in [1.54, 1.807) is 36.4 Å². The van der Waals surface area contributed by atoms with Crippen LogP contribution < -0.4 is 18.9 Å². The Morgan fingerprint density at radius 1 is 0.525 bits per heavy atom. The molecular formula is C32H30O8. The molecule has 8 nitrogen and oxygen atoms in total. The minimum absolute atomic E-state index is 0.0713. The third kappa shape index (κ3) is 7.77. The van der Waals surface area contributed by atoms with Crippen LogP contribution in [0.15, 0.2) is 97.1 Å². The Hall–Kier alpha value is -4.98. The van der Waals surface area contributed by atoms with Crippen molar-refractivity contribution in [3.63, 3.8) is 0 Å². The second-order valence-corrected chi connectivity index (χ2v) is 8.54. The van der Waals surface area contributed by atoms with E-state index in [2.05, 4.69) is 0 Å². The zero-order chi connectivity index (χ0) is 28.2. The molecule has 40 heavy (non-hydrogen) atoms. The van der Waals surface area contributed by atoms with Gasteiger partial charge in [0.2, 0.25) is 0 Å². The molecule has 0 aliphatic rings. The molecule has 0 aliphatic heterocycles. The fraction of sp³-hybridized carbons (Fsp3) is 0.188. The maximum absolute atomic E-state index is 12.3. The molecule has 0 aliphatic carbocycles. The monoisotopic (exact) mass is 542 g/mol. The van der Waals surface area contributed by atoms with Crippen LogP contribution in [0.4, 0.5) is 0 Å². The van der Waals surface area contributed by atoms with Crippen LogP contribution >= 0.6 is 0 Å². The lowest BCUT2D eigenvalue weighted by Crippen LogP contribution is -2.14. The van der Waals surface area contributed by atoms with Gasteiger partial charge in [0.25, 0.3) is 0 Å². The van der Waals surface area contributed by atoms with Gasteiger partial charge in [-0.3, -0.25) is 0 Å². The highest BCUT2D eigenvalue weighted by Gasteiger charge is 2.17. The number of benzene rings is 4. The minimum Gasteiger partial charge on any atom is -0.489 e. The molecule has 206 valence electrons. The summed E-state index contributed by atoms with van der Waals surface area (Å²) in [5.74, 6) is 0.555. The summed E-state index contributed by atoms with van der Waals surface area (Å²) in [5, 5.41) is 0. The van der Waals surface area contributed by atoms with E-state index in [0.29, 0.717) is 24.7 Å². The predicted molar refractivity (Wildman–Crippen MR) is 148 cm³/mol. The molecule has 0 radical (unpaired) electrons. The van der Waals surface area contributed by atoms with Gasteiger partial charge in [-0.1, -0.05) is 60.7 Å². The topological polar surface area (TPSA) is 89.5 Å². The van der Waals surface area contributed by atoms with Crippen LogP contribution in [-0.2, 0) is 22.7 Å². The van der Waals surface area contributed by atoms with Gasteiger partial charge in [-0.15, -0.1) is 0 Å². The van der Waals surface area contributed by atoms with E-state index >= 15 is 0 Å². The van der Waals surface area contributed by atoms with Crippen molar-refractivity contribution in [1.29, 1.82) is 0 Å². The first-order chi connectivity index (χ1) is 19.6. The van der Waals surface area contributed by atoms with Gasteiger partial charge in [0.1, 0.15) is 60.6 Å². The highest BCUT2D eigenvalue weighted by Crippen LogP contribution is 2.28. The second kappa shape index (κ2) is 14.2. The lowest BCUT2D eigenvalue weighted by atomic mass is 10.2. The van der Waals surface area contributed by atoms with E-state index in [9.17, 15) is 9.59 Å². The van der Waals surface area contributed by atoms with Gasteiger partial charge in [0.15, 0.2) is 0 Å². The van der Waals surface area contributed by atoms with Gasteiger partial charge in [-0.25, -0.2) is 9.59 Å². The molecule has 0 heterocycles. The van der Waals surface area contributed by atoms with E-state index in [1.807, 2.05) is 60.7 Å². The summed E-state index contributed by atoms with van der Waals surface area (Å²) in [6.07, 6.45) is 0. The first-order valence-electron chi connectivity index (χ1n) is 12.6. The Morgan fingerprint density at radius 3 is 1.30 bits per heavy atom. The molecule has 0 N–H and O–H groups in total. The molecule has 0 bridgehead atoms. The van der Waals surface area contributed by atoms with Gasteiger partial charge in [-0.05, 0) is 35.4 Å². The minimum atomic E-state index is -0.540. The lowest BCUT2D eigenvalue weighted by molar-refractivity contribution is 0.0582. The molecule has 0 amide bonds. The van der Waals surface area contributed by atoms with E-state index in [4.69, 9.17) is 28.4 Å². The molecule has 4 aromatic carbocycles. The number of esters is 2. The molecule has 0 atom stereocenters. The highest BCUT2D eigenvalue weighted by atomic mass is 16.5. The predicted octanol–water partition coefficient (Wildman–Crippen LogP) is 5.88. The Balaban J connectivity index is 1.41. The Kier molecular flexibility index (Phi) is 9.99. The Morgan fingerprint density at radius 2 is 0.925 bits per heavy atom. The van der Waals surface area contributed by atoms with Gasteiger partial charge < -0.3 is 28.4 Å². The SMILES string of the molecule is COC(=O)c1ccc(OCc2ccccc2)cc1OCCOc1cc(OCc2ccccc2)ccc1C(=O)OC. The Labute approximate surface area is 233 Å². The van der Waals surface area contributed by atoms with Crippen LogP contribution in [0.5, 0.6) is 23.0 Å². The summed E-state index contributed by atoms with van der Waals surface area (Å²) in [4.78, 5) is 24.6. The standard InChI is InChI=1S/C32H30O8/c1-35-31(33)27-15-13-25(39-21-23-9-5-3-6-10-23)19-29(27)37-17-18-38-30-20-26(14-16-28(30)32(34)36-2)40-22-24-11-7-4-8-12-24/h3-16,19-20H,17-18,21-22H2,1-2H3. The van der Waals surface area contributed by atoms with Crippen LogP contribution in [0.25, 0.3) is 0 Å². The molecule has 0 spiro atoms. The zero-order valence-corrected chi connectivity index (χ0v) is 22.3. The molecule has 0 unspecified atom stereocenters. The Bertz CT molecular complexity index is 1290. The number of rotatable bonds is 13. The molecular weight excluding hydrogens is 512 g/mol. The third-order valence-electron chi connectivity index (χ3n) is 5.81. The van der Waals surface area contributed by atoms with Crippen molar-refractivity contribution in [3.05, 3.63) is 119 Å². The lowest BCUT2D eigenvalue weighted by Gasteiger charge is -2.15. The van der Waals surface area contributed by atoms with E-state index in [-0.39, 0.29) is 35.8 Å². The van der Waals surface area contributed by atoms with Crippen molar-refractivity contribution >= 4 is 11.9 Å². The maximum atomic E-state index is 12.3. The van der Waals surface area contributed by atoms with Gasteiger partial charge in [0, 0.05) is 12.1 Å². The summed E-state index contributed by atoms with van der Waals surface area (Å²) >= 11 is 0. The fourth-order valence-corrected chi connectivity index (χ4v) is 3.77. The fourth-order valence-electron chi connectivity index (χ4n) is 3.77. The van der Waals surface area contributed by atoms with Gasteiger partial charge >= 0.3 is 11.9 Å². The number of carbonyl (C=O) groups is 2. The van der Waals surface area contributed by atoms with Crippen molar-refractivity contribution in [3.8, 4) is 23.0 Å². The third-order valence-corrected chi connectivity index (χ3v) is 5.81. The van der Waals surface area contributed by atoms with Gasteiger partial charge in [-0.2, -0.15) is 0 Å². The summed E-state index contributed by atoms with van der Waals surface area (Å²) in [6, 6.07) is 29.3. The summed E-state index contributed by atoms with van der Waals surface area (Å²) in [5.41, 5.74) is 2.51. The van der Waals surface area contributed by atoms with Crippen LogP contribution in [0.2, 0.25) is 0 Å². The van der Waals surface area contributed by atoms with Crippen molar-refractivity contribution in [2.24, 2.45) is 0 Å². The molecule has 0 aromatic heterocycles. The largest absolute Gasteiger partial charge is 0.489 e. The average molecular weight is 543 g/mol. The molecule has 4 rings (SSSR count). The average Bonchev–Trinajstić information content (AvgIpc) is 3.01. The smallest absolute Gasteiger partial charge is 0.341 e. The first-order valence-corrected chi connectivity index (χ1v) is 12.6. The molecule has 4 aromatic rings. The number of carbonyl (C=O) groups excluding carboxylic acids is 2. The first kappa shape index (κ1) is 28.0. The maximum Gasteiger partial charge on any atom is 0.341 e. The highest BCUT2D eigenvalue weighted by molar-refractivity contribution is 5.93. The van der Waals surface area contributed by atoms with Crippen molar-refractivity contribution < 1.29 is 38.0 Å². The van der Waals surface area contributed by atoms with Crippen LogP contribution in [0.3, 0.4) is 0 Å². The summed E-state index contributed by atoms with van der Waals surface area (Å²) in [6.45, 7) is 0.865. The van der Waals surface area contributed by atoms with Crippen molar-refractivity contribution in [2.75, 3.05) is 27.4 Å². The van der Waals surface area contributed by atoms with Crippen LogP contribution in [0.1, 0.15) is 31.8 Å². The summed E-state index contributed by atoms with van der Waals surface area (Å²) < 4.78 is 33.3. The molecule has 0 fully saturated rings. The molecule has 0 saturated carbocycles. The van der Waals surface area contributed by atoms with E-state index in [1.165, 1.54) is 14.2 Å². The normalized spacial score (nSPS) is 10.3. The quantitative estimate of drug-likeness (QED) is 0.153. The van der Waals surface area contributed by atoms with E-state index in [0.717, 1.165) is 11.1 Å². The molecule has 0 saturated heterocycles. The van der Waals surface area contributed by atoms with Gasteiger partial charge in [0.05, 0.1) is 14.2 Å². The molecule has 8 heteroatoms. The van der Waals surface area contributed by atoms with Crippen LogP contribution in [0, 0.1) is 0 Å². The summed E-state index contributed by atoms with van der Waals surface area (Å²) in [7, 11) is 2.60. The number of hydrogen-bond donors (Lipinski definition) is 0. The number of hydrogen-bond acceptors (Lipinski definition) is 8. The van der Waals surface area contributed by atoms with Crippen LogP contribution in [-0.4, -0.2) is 39.4 Å². The number of ether oxygens (including phenoxy) is 6. The van der Waals surface area contributed by atoms with Crippen molar-refractivity contribution in [1.82, 2.24) is 0 Å². The zero-order valence-electron chi connectivity index (χ0n) is 22.3. The second-order valence-electron chi connectivity index (χ2n) is 8.54. The van der Waals surface area contributed by atoms with Crippen molar-refractivity contribution in [2.45, 2.75) is 13.2 Å².